The highest BCUT2D eigenvalue weighted by Gasteiger charge is 2.33. The number of rotatable bonds is 7. The average Bonchev–Trinajstić information content (AvgIpc) is 3.20. The number of aromatic nitrogens is 1. The summed E-state index contributed by atoms with van der Waals surface area (Å²) in [4.78, 5) is 19.1. The summed E-state index contributed by atoms with van der Waals surface area (Å²) in [6.07, 6.45) is 7.95. The number of nitrogens with one attached hydrogen (secondary N) is 1. The van der Waals surface area contributed by atoms with E-state index >= 15 is 0 Å². The number of thiazole rings is 1. The second-order valence-electron chi connectivity index (χ2n) is 8.09. The number of carbonyl (C=O) groups excluding carboxylic acids is 1. The normalized spacial score (nSPS) is 19.9. The van der Waals surface area contributed by atoms with Crippen LogP contribution < -0.4 is 5.32 Å². The lowest BCUT2D eigenvalue weighted by atomic mass is 9.99. The van der Waals surface area contributed by atoms with Crippen molar-refractivity contribution in [1.82, 2.24) is 14.6 Å². The maximum Gasteiger partial charge on any atom is 0.243 e. The fourth-order valence-electron chi connectivity index (χ4n) is 4.22. The van der Waals surface area contributed by atoms with Crippen molar-refractivity contribution >= 4 is 27.3 Å². The van der Waals surface area contributed by atoms with Gasteiger partial charge in [-0.05, 0) is 57.1 Å². The van der Waals surface area contributed by atoms with E-state index in [4.69, 9.17) is 4.98 Å². The number of piperidine rings is 1. The van der Waals surface area contributed by atoms with E-state index in [1.807, 2.05) is 11.3 Å². The molecule has 0 spiro atoms. The topological polar surface area (TPSA) is 79.4 Å². The van der Waals surface area contributed by atoms with Crippen molar-refractivity contribution in [2.24, 2.45) is 5.92 Å². The zero-order valence-corrected chi connectivity index (χ0v) is 18.8. The van der Waals surface area contributed by atoms with Gasteiger partial charge in [-0.15, -0.1) is 11.3 Å². The maximum absolute atomic E-state index is 12.8. The zero-order valence-electron chi connectivity index (χ0n) is 17.2. The highest BCUT2D eigenvalue weighted by molar-refractivity contribution is 7.89. The molecule has 1 aromatic carbocycles. The Bertz CT molecular complexity index is 949. The molecule has 30 heavy (non-hydrogen) atoms. The fraction of sp³-hybridized carbons (Fsp3) is 0.545. The van der Waals surface area contributed by atoms with Gasteiger partial charge in [0.2, 0.25) is 15.9 Å². The minimum absolute atomic E-state index is 0.0404. The molecule has 6 nitrogen and oxygen atoms in total. The van der Waals surface area contributed by atoms with Crippen LogP contribution in [-0.4, -0.2) is 43.2 Å². The molecule has 1 fully saturated rings. The third-order valence-electron chi connectivity index (χ3n) is 5.89. The number of hydrogen-bond acceptors (Lipinski definition) is 5. The molecule has 0 radical (unpaired) electrons. The summed E-state index contributed by atoms with van der Waals surface area (Å²) in [6, 6.07) is 8.46. The van der Waals surface area contributed by atoms with Crippen molar-refractivity contribution in [2.75, 3.05) is 19.6 Å². The molecule has 2 aromatic rings. The average molecular weight is 448 g/mol. The summed E-state index contributed by atoms with van der Waals surface area (Å²) in [5.41, 5.74) is 1.28. The van der Waals surface area contributed by atoms with Gasteiger partial charge in [-0.3, -0.25) is 4.79 Å². The molecule has 8 heteroatoms. The maximum atomic E-state index is 12.8. The van der Waals surface area contributed by atoms with Crippen LogP contribution in [-0.2, 0) is 34.1 Å². The van der Waals surface area contributed by atoms with Gasteiger partial charge in [-0.2, -0.15) is 4.31 Å². The van der Waals surface area contributed by atoms with Crippen LogP contribution in [0, 0.1) is 5.92 Å². The van der Waals surface area contributed by atoms with Crippen LogP contribution in [0.3, 0.4) is 0 Å². The highest BCUT2D eigenvalue weighted by Crippen LogP contribution is 2.27. The Hall–Kier alpha value is -1.77. The molecule has 1 unspecified atom stereocenters. The van der Waals surface area contributed by atoms with Gasteiger partial charge in [0.1, 0.15) is 0 Å². The molecule has 1 N–H and O–H groups in total. The summed E-state index contributed by atoms with van der Waals surface area (Å²) in [5, 5.41) is 4.19. The summed E-state index contributed by atoms with van der Waals surface area (Å²) < 4.78 is 27.1. The first kappa shape index (κ1) is 21.5. The van der Waals surface area contributed by atoms with Crippen molar-refractivity contribution in [3.05, 3.63) is 45.9 Å². The number of fused-ring (bicyclic) bond motifs is 1. The van der Waals surface area contributed by atoms with E-state index in [9.17, 15) is 13.2 Å². The predicted octanol–water partition coefficient (Wildman–Crippen LogP) is 3.17. The first-order valence-corrected chi connectivity index (χ1v) is 13.1. The quantitative estimate of drug-likeness (QED) is 0.661. The first-order valence-electron chi connectivity index (χ1n) is 10.8. The second-order valence-corrected chi connectivity index (χ2v) is 11.2. The molecular formula is C22H29N3O3S2. The van der Waals surface area contributed by atoms with E-state index in [0.29, 0.717) is 19.5 Å². The van der Waals surface area contributed by atoms with Gasteiger partial charge in [0, 0.05) is 30.9 Å². The van der Waals surface area contributed by atoms with E-state index in [-0.39, 0.29) is 23.3 Å². The van der Waals surface area contributed by atoms with E-state index in [1.165, 1.54) is 32.7 Å². The van der Waals surface area contributed by atoms with Gasteiger partial charge in [0.25, 0.3) is 0 Å². The summed E-state index contributed by atoms with van der Waals surface area (Å²) in [7, 11) is -3.55. The van der Waals surface area contributed by atoms with Crippen LogP contribution in [0.25, 0.3) is 0 Å². The molecule has 0 saturated carbocycles. The molecule has 4 rings (SSSR count). The fourth-order valence-corrected chi connectivity index (χ4v) is 6.97. The van der Waals surface area contributed by atoms with Crippen LogP contribution in [0.1, 0.15) is 47.7 Å². The minimum atomic E-state index is -3.55. The Morgan fingerprint density at radius 1 is 1.17 bits per heavy atom. The highest BCUT2D eigenvalue weighted by atomic mass is 32.2. The molecule has 0 bridgehead atoms. The number of benzene rings is 1. The lowest BCUT2D eigenvalue weighted by molar-refractivity contribution is -0.126. The number of hydrogen-bond donors (Lipinski definition) is 1. The van der Waals surface area contributed by atoms with Crippen LogP contribution in [0.4, 0.5) is 0 Å². The molecule has 1 atom stereocenters. The molecule has 2 heterocycles. The minimum Gasteiger partial charge on any atom is -0.356 e. The molecule has 1 aromatic heterocycles. The summed E-state index contributed by atoms with van der Waals surface area (Å²) in [5.74, 6) is -0.328. The summed E-state index contributed by atoms with van der Waals surface area (Å²) >= 11 is 1.83. The van der Waals surface area contributed by atoms with Crippen LogP contribution in [0.15, 0.2) is 35.2 Å². The van der Waals surface area contributed by atoms with Gasteiger partial charge in [0.05, 0.1) is 21.5 Å². The van der Waals surface area contributed by atoms with Crippen LogP contribution >= 0.6 is 11.3 Å². The number of sulfonamides is 1. The zero-order chi connectivity index (χ0) is 21.0. The van der Waals surface area contributed by atoms with Crippen LogP contribution in [0.2, 0.25) is 0 Å². The lowest BCUT2D eigenvalue weighted by Crippen LogP contribution is -2.45. The smallest absolute Gasteiger partial charge is 0.243 e. The third-order valence-corrected chi connectivity index (χ3v) is 8.99. The van der Waals surface area contributed by atoms with Crippen molar-refractivity contribution in [3.63, 3.8) is 0 Å². The lowest BCUT2D eigenvalue weighted by Gasteiger charge is -2.31. The monoisotopic (exact) mass is 447 g/mol. The van der Waals surface area contributed by atoms with Gasteiger partial charge in [0.15, 0.2) is 0 Å². The van der Waals surface area contributed by atoms with E-state index < -0.39 is 10.0 Å². The molecule has 1 amide bonds. The molecular weight excluding hydrogens is 418 g/mol. The standard InChI is InChI=1S/C22H29N3O3S2/c26-22(23-14-6-13-21-24-19-11-4-5-12-20(19)29-21)17-8-7-15-25(16-17)30(27,28)18-9-2-1-3-10-18/h1-3,9-10,17H,4-8,11-16H2,(H,23,26). The number of aryl methyl sites for hydroxylation is 3. The molecule has 1 saturated heterocycles. The van der Waals surface area contributed by atoms with Gasteiger partial charge < -0.3 is 5.32 Å². The van der Waals surface area contributed by atoms with Gasteiger partial charge >= 0.3 is 0 Å². The Morgan fingerprint density at radius 3 is 2.77 bits per heavy atom. The van der Waals surface area contributed by atoms with E-state index in [0.717, 1.165) is 32.1 Å². The first-order chi connectivity index (χ1) is 14.5. The molecule has 162 valence electrons. The van der Waals surface area contributed by atoms with Crippen LogP contribution in [0.5, 0.6) is 0 Å². The van der Waals surface area contributed by atoms with Gasteiger partial charge in [-0.25, -0.2) is 13.4 Å². The van der Waals surface area contributed by atoms with E-state index in [1.54, 1.807) is 30.3 Å². The Morgan fingerprint density at radius 2 is 1.97 bits per heavy atom. The third kappa shape index (κ3) is 4.92. The van der Waals surface area contributed by atoms with Crippen molar-refractivity contribution in [1.29, 1.82) is 0 Å². The SMILES string of the molecule is O=C(NCCCc1nc2c(s1)CCCC2)C1CCCN(S(=O)(=O)c2ccccc2)C1. The number of carbonyl (C=O) groups is 1. The van der Waals surface area contributed by atoms with E-state index in [2.05, 4.69) is 5.32 Å². The number of amides is 1. The molecule has 2 aliphatic rings. The number of nitrogens with zero attached hydrogens (tertiary/aromatic N) is 2. The van der Waals surface area contributed by atoms with Crippen molar-refractivity contribution in [3.8, 4) is 0 Å². The predicted molar refractivity (Wildman–Crippen MR) is 118 cm³/mol. The second kappa shape index (κ2) is 9.58. The van der Waals surface area contributed by atoms with Crippen molar-refractivity contribution in [2.45, 2.75) is 56.3 Å². The summed E-state index contributed by atoms with van der Waals surface area (Å²) in [6.45, 7) is 1.32. The Labute approximate surface area is 182 Å². The molecule has 1 aliphatic heterocycles. The Balaban J connectivity index is 1.26. The molecule has 1 aliphatic carbocycles. The Kier molecular flexibility index (Phi) is 6.85. The van der Waals surface area contributed by atoms with Gasteiger partial charge in [-0.1, -0.05) is 18.2 Å². The van der Waals surface area contributed by atoms with Crippen molar-refractivity contribution < 1.29 is 13.2 Å². The largest absolute Gasteiger partial charge is 0.356 e.